The fourth-order valence-electron chi connectivity index (χ4n) is 1.72. The minimum Gasteiger partial charge on any atom is -0.383 e. The van der Waals surface area contributed by atoms with Crippen LogP contribution in [-0.4, -0.2) is 21.9 Å². The normalized spacial score (nSPS) is 20.2. The van der Waals surface area contributed by atoms with Crippen molar-refractivity contribution in [3.05, 3.63) is 17.6 Å². The molecule has 4 heteroatoms. The van der Waals surface area contributed by atoms with Gasteiger partial charge in [0.25, 0.3) is 0 Å². The summed E-state index contributed by atoms with van der Waals surface area (Å²) in [6, 6.07) is 0. The van der Waals surface area contributed by atoms with Crippen molar-refractivity contribution < 1.29 is 0 Å². The van der Waals surface area contributed by atoms with Crippen molar-refractivity contribution in [2.75, 3.05) is 12.8 Å². The Kier molecular flexibility index (Phi) is 1.57. The number of fused-ring (bicyclic) bond motifs is 1. The molecule has 0 atom stereocenters. The third-order valence-corrected chi connectivity index (χ3v) is 2.91. The molecule has 2 rings (SSSR count). The number of rotatable bonds is 0. The van der Waals surface area contributed by atoms with Crippen LogP contribution in [0.2, 0.25) is 0 Å². The zero-order valence-electron chi connectivity index (χ0n) is 8.20. The van der Waals surface area contributed by atoms with Crippen LogP contribution in [0.4, 0.5) is 5.82 Å². The Bertz CT molecular complexity index is 345. The van der Waals surface area contributed by atoms with Gasteiger partial charge in [-0.3, -0.25) is 4.90 Å². The third-order valence-electron chi connectivity index (χ3n) is 2.91. The SMILES string of the molecule is CN1Cc2c(N)ncnc2C1(C)C. The van der Waals surface area contributed by atoms with Gasteiger partial charge in [-0.05, 0) is 20.9 Å². The summed E-state index contributed by atoms with van der Waals surface area (Å²) in [5.74, 6) is 0.613. The molecule has 13 heavy (non-hydrogen) atoms. The first-order valence-electron chi connectivity index (χ1n) is 4.34. The van der Waals surface area contributed by atoms with E-state index in [1.807, 2.05) is 0 Å². The van der Waals surface area contributed by atoms with E-state index in [1.165, 1.54) is 6.33 Å². The predicted molar refractivity (Wildman–Crippen MR) is 50.9 cm³/mol. The Hall–Kier alpha value is -1.16. The number of nitrogen functional groups attached to an aromatic ring is 1. The number of hydrogen-bond donors (Lipinski definition) is 1. The maximum Gasteiger partial charge on any atom is 0.131 e. The molecule has 0 aromatic carbocycles. The average molecular weight is 178 g/mol. The molecule has 0 fully saturated rings. The molecule has 0 amide bonds. The fourth-order valence-corrected chi connectivity index (χ4v) is 1.72. The summed E-state index contributed by atoms with van der Waals surface area (Å²) >= 11 is 0. The summed E-state index contributed by atoms with van der Waals surface area (Å²) in [6.45, 7) is 5.13. The van der Waals surface area contributed by atoms with Crippen LogP contribution >= 0.6 is 0 Å². The first kappa shape index (κ1) is 8.44. The highest BCUT2D eigenvalue weighted by Crippen LogP contribution is 2.37. The molecular weight excluding hydrogens is 164 g/mol. The molecule has 2 N–H and O–H groups in total. The standard InChI is InChI=1S/C9H14N4/c1-9(2)7-6(4-13(9)3)8(10)12-5-11-7/h5H,4H2,1-3H3,(H2,10,11,12). The molecule has 1 aliphatic rings. The Morgan fingerprint density at radius 2 is 2.15 bits per heavy atom. The lowest BCUT2D eigenvalue weighted by Gasteiger charge is -2.27. The lowest BCUT2D eigenvalue weighted by Crippen LogP contribution is -2.32. The van der Waals surface area contributed by atoms with Crippen molar-refractivity contribution in [3.63, 3.8) is 0 Å². The van der Waals surface area contributed by atoms with Gasteiger partial charge in [-0.1, -0.05) is 0 Å². The van der Waals surface area contributed by atoms with E-state index < -0.39 is 0 Å². The zero-order valence-corrected chi connectivity index (χ0v) is 8.20. The largest absolute Gasteiger partial charge is 0.383 e. The van der Waals surface area contributed by atoms with E-state index >= 15 is 0 Å². The highest BCUT2D eigenvalue weighted by molar-refractivity contribution is 5.46. The molecule has 1 aromatic rings. The van der Waals surface area contributed by atoms with Crippen molar-refractivity contribution in [2.45, 2.75) is 25.9 Å². The summed E-state index contributed by atoms with van der Waals surface area (Å²) < 4.78 is 0. The summed E-state index contributed by atoms with van der Waals surface area (Å²) in [7, 11) is 2.07. The van der Waals surface area contributed by atoms with Gasteiger partial charge >= 0.3 is 0 Å². The molecule has 0 unspecified atom stereocenters. The average Bonchev–Trinajstić information content (AvgIpc) is 2.28. The van der Waals surface area contributed by atoms with Crippen molar-refractivity contribution in [3.8, 4) is 0 Å². The van der Waals surface area contributed by atoms with Gasteiger partial charge in [0.2, 0.25) is 0 Å². The molecule has 0 saturated heterocycles. The third kappa shape index (κ3) is 1.02. The second-order valence-corrected chi connectivity index (χ2v) is 4.00. The van der Waals surface area contributed by atoms with Crippen LogP contribution in [0.3, 0.4) is 0 Å². The molecule has 4 nitrogen and oxygen atoms in total. The van der Waals surface area contributed by atoms with Gasteiger partial charge in [0, 0.05) is 12.1 Å². The van der Waals surface area contributed by atoms with Gasteiger partial charge in [-0.15, -0.1) is 0 Å². The van der Waals surface area contributed by atoms with Crippen LogP contribution < -0.4 is 5.73 Å². The number of aromatic nitrogens is 2. The second kappa shape index (κ2) is 2.42. The quantitative estimate of drug-likeness (QED) is 0.636. The first-order valence-corrected chi connectivity index (χ1v) is 4.34. The molecule has 1 aromatic heterocycles. The van der Waals surface area contributed by atoms with Gasteiger partial charge in [0.05, 0.1) is 11.2 Å². The molecule has 1 aliphatic heterocycles. The highest BCUT2D eigenvalue weighted by atomic mass is 15.2. The molecule has 0 spiro atoms. The Labute approximate surface area is 77.8 Å². The highest BCUT2D eigenvalue weighted by Gasteiger charge is 2.37. The molecule has 70 valence electrons. The molecule has 0 saturated carbocycles. The summed E-state index contributed by atoms with van der Waals surface area (Å²) in [5, 5.41) is 0. The monoisotopic (exact) mass is 178 g/mol. The minimum absolute atomic E-state index is 0.0214. The van der Waals surface area contributed by atoms with Crippen molar-refractivity contribution in [1.82, 2.24) is 14.9 Å². The summed E-state index contributed by atoms with van der Waals surface area (Å²) in [5.41, 5.74) is 7.89. The van der Waals surface area contributed by atoms with Crippen LogP contribution in [0.15, 0.2) is 6.33 Å². The Balaban J connectivity index is 2.61. The molecule has 0 bridgehead atoms. The maximum absolute atomic E-state index is 5.78. The topological polar surface area (TPSA) is 55.0 Å². The van der Waals surface area contributed by atoms with Gasteiger partial charge < -0.3 is 5.73 Å². The van der Waals surface area contributed by atoms with Gasteiger partial charge in [-0.25, -0.2) is 9.97 Å². The number of nitrogens with two attached hydrogens (primary N) is 1. The van der Waals surface area contributed by atoms with E-state index in [1.54, 1.807) is 0 Å². The number of anilines is 1. The van der Waals surface area contributed by atoms with Crippen molar-refractivity contribution in [1.29, 1.82) is 0 Å². The van der Waals surface area contributed by atoms with Crippen LogP contribution in [-0.2, 0) is 12.1 Å². The van der Waals surface area contributed by atoms with Crippen LogP contribution in [0.1, 0.15) is 25.1 Å². The van der Waals surface area contributed by atoms with Gasteiger partial charge in [0.15, 0.2) is 0 Å². The van der Waals surface area contributed by atoms with E-state index in [-0.39, 0.29) is 5.54 Å². The van der Waals surface area contributed by atoms with Gasteiger partial charge in [-0.2, -0.15) is 0 Å². The van der Waals surface area contributed by atoms with E-state index in [2.05, 4.69) is 35.8 Å². The smallest absolute Gasteiger partial charge is 0.131 e. The van der Waals surface area contributed by atoms with E-state index in [9.17, 15) is 0 Å². The molecule has 2 heterocycles. The number of hydrogen-bond acceptors (Lipinski definition) is 4. The van der Waals surface area contributed by atoms with Crippen LogP contribution in [0.5, 0.6) is 0 Å². The first-order chi connectivity index (χ1) is 6.03. The van der Waals surface area contributed by atoms with E-state index in [0.717, 1.165) is 17.8 Å². The van der Waals surface area contributed by atoms with Crippen LogP contribution in [0, 0.1) is 0 Å². The maximum atomic E-state index is 5.78. The zero-order chi connectivity index (χ0) is 9.64. The molecule has 0 aliphatic carbocycles. The minimum atomic E-state index is -0.0214. The lowest BCUT2D eigenvalue weighted by atomic mass is 10.0. The van der Waals surface area contributed by atoms with E-state index in [0.29, 0.717) is 5.82 Å². The van der Waals surface area contributed by atoms with Crippen molar-refractivity contribution in [2.24, 2.45) is 0 Å². The van der Waals surface area contributed by atoms with E-state index in [4.69, 9.17) is 5.73 Å². The molecular formula is C9H14N4. The lowest BCUT2D eigenvalue weighted by molar-refractivity contribution is 0.175. The predicted octanol–water partition coefficient (Wildman–Crippen LogP) is 0.739. The summed E-state index contributed by atoms with van der Waals surface area (Å²) in [6.07, 6.45) is 1.54. The van der Waals surface area contributed by atoms with Crippen molar-refractivity contribution >= 4 is 5.82 Å². The fraction of sp³-hybridized carbons (Fsp3) is 0.556. The van der Waals surface area contributed by atoms with Crippen LogP contribution in [0.25, 0.3) is 0 Å². The Morgan fingerprint density at radius 3 is 2.77 bits per heavy atom. The van der Waals surface area contributed by atoms with Gasteiger partial charge in [0.1, 0.15) is 12.1 Å². The number of nitrogens with zero attached hydrogens (tertiary/aromatic N) is 3. The second-order valence-electron chi connectivity index (χ2n) is 4.00. The Morgan fingerprint density at radius 1 is 1.46 bits per heavy atom. The molecule has 0 radical (unpaired) electrons. The summed E-state index contributed by atoms with van der Waals surface area (Å²) in [4.78, 5) is 10.5.